The van der Waals surface area contributed by atoms with Crippen molar-refractivity contribution >= 4 is 0 Å². The summed E-state index contributed by atoms with van der Waals surface area (Å²) in [6.07, 6.45) is 0.845. The van der Waals surface area contributed by atoms with E-state index >= 15 is 0 Å². The van der Waals surface area contributed by atoms with Gasteiger partial charge in [-0.15, -0.1) is 0 Å². The van der Waals surface area contributed by atoms with Crippen LogP contribution in [0.1, 0.15) is 42.5 Å². The molecule has 0 saturated carbocycles. The fraction of sp³-hybridized carbons (Fsp3) is 0.294. The van der Waals surface area contributed by atoms with Gasteiger partial charge in [-0.3, -0.25) is 0 Å². The lowest BCUT2D eigenvalue weighted by molar-refractivity contribution is -0.284. The minimum atomic E-state index is -1.02. The van der Waals surface area contributed by atoms with E-state index in [-0.39, 0.29) is 28.4 Å². The largest absolute Gasteiger partial charge is 0.508 e. The fourth-order valence-corrected chi connectivity index (χ4v) is 4.93. The molecular weight excluding hydrogens is 536 g/mol. The van der Waals surface area contributed by atoms with Crippen LogP contribution in [-0.4, -0.2) is 46.9 Å². The van der Waals surface area contributed by atoms with Crippen molar-refractivity contribution in [3.8, 4) is 23.0 Å². The van der Waals surface area contributed by atoms with Gasteiger partial charge in [0.25, 0.3) is 0 Å². The Labute approximate surface area is 245 Å². The Balaban J connectivity index is 0.000000169. The van der Waals surface area contributed by atoms with Gasteiger partial charge in [-0.1, -0.05) is 13.8 Å². The Hall–Kier alpha value is -4.08. The van der Waals surface area contributed by atoms with Crippen molar-refractivity contribution in [3.05, 3.63) is 119 Å². The molecule has 220 valence electrons. The van der Waals surface area contributed by atoms with E-state index in [4.69, 9.17) is 18.9 Å². The number of phenols is 4. The van der Waals surface area contributed by atoms with Crippen LogP contribution in [0.25, 0.3) is 0 Å². The molecule has 42 heavy (non-hydrogen) atoms. The van der Waals surface area contributed by atoms with Crippen LogP contribution >= 0.6 is 0 Å². The van der Waals surface area contributed by atoms with E-state index in [0.29, 0.717) is 26.4 Å². The molecule has 0 atom stereocenters. The van der Waals surface area contributed by atoms with E-state index in [1.54, 1.807) is 97.1 Å². The third-order valence-electron chi connectivity index (χ3n) is 7.22. The van der Waals surface area contributed by atoms with Gasteiger partial charge < -0.3 is 39.4 Å². The number of hydrogen-bond acceptors (Lipinski definition) is 8. The Bertz CT molecular complexity index is 1330. The van der Waals surface area contributed by atoms with Crippen LogP contribution in [0, 0.1) is 5.41 Å². The molecule has 0 radical (unpaired) electrons. The third-order valence-corrected chi connectivity index (χ3v) is 7.22. The number of ether oxygens (including phenoxy) is 4. The second kappa shape index (κ2) is 12.0. The molecule has 6 rings (SSSR count). The first kappa shape index (κ1) is 29.4. The molecule has 2 aliphatic heterocycles. The first-order chi connectivity index (χ1) is 20.1. The van der Waals surface area contributed by atoms with Crippen molar-refractivity contribution in [1.29, 1.82) is 0 Å². The summed E-state index contributed by atoms with van der Waals surface area (Å²) < 4.78 is 24.2. The van der Waals surface area contributed by atoms with Crippen LogP contribution in [0.3, 0.4) is 0 Å². The summed E-state index contributed by atoms with van der Waals surface area (Å²) in [5, 5.41) is 37.9. The molecule has 0 amide bonds. The molecular formula is C34H36O8. The zero-order valence-corrected chi connectivity index (χ0v) is 23.7. The summed E-state index contributed by atoms with van der Waals surface area (Å²) in [4.78, 5) is 0. The first-order valence-corrected chi connectivity index (χ1v) is 13.9. The maximum absolute atomic E-state index is 9.51. The average Bonchev–Trinajstić information content (AvgIpc) is 3.00. The highest BCUT2D eigenvalue weighted by Gasteiger charge is 2.44. The summed E-state index contributed by atoms with van der Waals surface area (Å²) in [7, 11) is 0. The third kappa shape index (κ3) is 6.22. The lowest BCUT2D eigenvalue weighted by Crippen LogP contribution is -2.46. The number of phenolic OH excluding ortho intramolecular Hbond substituents is 4. The lowest BCUT2D eigenvalue weighted by atomic mass is 9.90. The Morgan fingerprint density at radius 3 is 0.976 bits per heavy atom. The monoisotopic (exact) mass is 572 g/mol. The van der Waals surface area contributed by atoms with E-state index in [0.717, 1.165) is 28.7 Å². The van der Waals surface area contributed by atoms with Gasteiger partial charge in [0, 0.05) is 27.7 Å². The zero-order valence-electron chi connectivity index (χ0n) is 23.7. The van der Waals surface area contributed by atoms with Crippen molar-refractivity contribution in [2.24, 2.45) is 5.41 Å². The number of rotatable bonds is 4. The second-order valence-corrected chi connectivity index (χ2v) is 11.2. The van der Waals surface area contributed by atoms with Crippen molar-refractivity contribution in [1.82, 2.24) is 0 Å². The first-order valence-electron chi connectivity index (χ1n) is 13.9. The van der Waals surface area contributed by atoms with Crippen molar-refractivity contribution in [3.63, 3.8) is 0 Å². The van der Waals surface area contributed by atoms with Crippen molar-refractivity contribution < 1.29 is 39.4 Å². The van der Waals surface area contributed by atoms with E-state index < -0.39 is 11.6 Å². The van der Waals surface area contributed by atoms with Gasteiger partial charge in [0.1, 0.15) is 23.0 Å². The van der Waals surface area contributed by atoms with Crippen LogP contribution in [0.2, 0.25) is 0 Å². The lowest BCUT2D eigenvalue weighted by Gasteiger charge is -2.44. The SMILES string of the molecule is CC1(C)COC(c2ccc(O)cc2)(c2ccc(O)cc2)OC1.Oc1ccc(C2(c3ccc(O)cc3)OCCCO2)cc1. The molecule has 8 heteroatoms. The van der Waals surface area contributed by atoms with Gasteiger partial charge in [-0.25, -0.2) is 0 Å². The number of hydrogen-bond donors (Lipinski definition) is 4. The minimum Gasteiger partial charge on any atom is -0.508 e. The molecule has 0 unspecified atom stereocenters. The number of benzene rings is 4. The number of aromatic hydroxyl groups is 4. The van der Waals surface area contributed by atoms with Crippen LogP contribution in [0.5, 0.6) is 23.0 Å². The standard InChI is InChI=1S/C18H20O4.C16H16O4/c1-17(2)11-21-18(22-12-17,13-3-7-15(19)8-4-13)14-5-9-16(20)10-6-14;17-14-6-2-12(3-7-14)16(19-10-1-11-20-16)13-4-8-15(18)9-5-13/h3-10,19-20H,11-12H2,1-2H3;2-9,17-18H,1,10-11H2. The topological polar surface area (TPSA) is 118 Å². The Morgan fingerprint density at radius 2 is 0.690 bits per heavy atom. The molecule has 4 N–H and O–H groups in total. The van der Waals surface area contributed by atoms with E-state index in [1.807, 2.05) is 0 Å². The summed E-state index contributed by atoms with van der Waals surface area (Å²) in [5.74, 6) is -1.20. The van der Waals surface area contributed by atoms with Gasteiger partial charge in [-0.05, 0) is 103 Å². The molecule has 2 aliphatic rings. The molecule has 2 heterocycles. The maximum Gasteiger partial charge on any atom is 0.222 e. The molecule has 0 bridgehead atoms. The van der Waals surface area contributed by atoms with Gasteiger partial charge in [0.05, 0.1) is 26.4 Å². The van der Waals surface area contributed by atoms with Crippen LogP contribution < -0.4 is 0 Å². The molecule has 4 aromatic rings. The highest BCUT2D eigenvalue weighted by molar-refractivity contribution is 5.40. The van der Waals surface area contributed by atoms with E-state index in [2.05, 4.69) is 13.8 Å². The van der Waals surface area contributed by atoms with Gasteiger partial charge in [0.2, 0.25) is 11.6 Å². The molecule has 2 fully saturated rings. The Morgan fingerprint density at radius 1 is 0.429 bits per heavy atom. The van der Waals surface area contributed by atoms with E-state index in [9.17, 15) is 20.4 Å². The van der Waals surface area contributed by atoms with Gasteiger partial charge in [0.15, 0.2) is 0 Å². The summed E-state index contributed by atoms with van der Waals surface area (Å²) in [5.41, 5.74) is 3.21. The van der Waals surface area contributed by atoms with Gasteiger partial charge in [-0.2, -0.15) is 0 Å². The molecule has 0 spiro atoms. The molecule has 8 nitrogen and oxygen atoms in total. The van der Waals surface area contributed by atoms with Crippen LogP contribution in [0.15, 0.2) is 97.1 Å². The van der Waals surface area contributed by atoms with Crippen LogP contribution in [0.4, 0.5) is 0 Å². The van der Waals surface area contributed by atoms with Crippen LogP contribution in [-0.2, 0) is 30.5 Å². The quantitative estimate of drug-likeness (QED) is 0.232. The highest BCUT2D eigenvalue weighted by atomic mass is 16.7. The molecule has 0 aliphatic carbocycles. The minimum absolute atomic E-state index is 0.0582. The smallest absolute Gasteiger partial charge is 0.222 e. The Kier molecular flexibility index (Phi) is 8.43. The maximum atomic E-state index is 9.51. The van der Waals surface area contributed by atoms with E-state index in [1.165, 1.54) is 0 Å². The zero-order chi connectivity index (χ0) is 29.8. The highest BCUT2D eigenvalue weighted by Crippen LogP contribution is 2.42. The fourth-order valence-electron chi connectivity index (χ4n) is 4.93. The predicted octanol–water partition coefficient (Wildman–Crippen LogP) is 6.11. The second-order valence-electron chi connectivity index (χ2n) is 11.2. The summed E-state index contributed by atoms with van der Waals surface area (Å²) >= 11 is 0. The summed E-state index contributed by atoms with van der Waals surface area (Å²) in [6.45, 7) is 6.47. The molecule has 0 aromatic heterocycles. The average molecular weight is 573 g/mol. The normalized spacial score (nSPS) is 18.8. The predicted molar refractivity (Wildman–Crippen MR) is 156 cm³/mol. The molecule has 4 aromatic carbocycles. The summed E-state index contributed by atoms with van der Waals surface area (Å²) in [6, 6.07) is 27.2. The van der Waals surface area contributed by atoms with Crippen molar-refractivity contribution in [2.45, 2.75) is 31.8 Å². The van der Waals surface area contributed by atoms with Gasteiger partial charge >= 0.3 is 0 Å². The van der Waals surface area contributed by atoms with Crippen molar-refractivity contribution in [2.75, 3.05) is 26.4 Å². The molecule has 2 saturated heterocycles.